The van der Waals surface area contributed by atoms with E-state index >= 15 is 0 Å². The molecule has 2 rings (SSSR count). The van der Waals surface area contributed by atoms with Crippen molar-refractivity contribution in [2.24, 2.45) is 0 Å². The molecule has 8 nitrogen and oxygen atoms in total. The van der Waals surface area contributed by atoms with E-state index in [1.54, 1.807) is 13.0 Å². The summed E-state index contributed by atoms with van der Waals surface area (Å²) in [5.41, 5.74) is 0. The molecular formula is C9H8N6O2S. The molecule has 2 heterocycles. The Bertz CT molecular complexity index is 569. The number of nitrogens with one attached hydrogen (secondary N) is 2. The van der Waals surface area contributed by atoms with Gasteiger partial charge in [-0.15, -0.1) is 10.2 Å². The van der Waals surface area contributed by atoms with Gasteiger partial charge in [0.1, 0.15) is 5.01 Å². The number of amides is 2. The first-order valence-corrected chi connectivity index (χ1v) is 5.66. The van der Waals surface area contributed by atoms with Crippen LogP contribution in [0.5, 0.6) is 0 Å². The standard InChI is InChI=1S/C9H8N6O2S/c1-5-14-15-9(18-5)13-7(17)6(16)12-8-10-3-2-4-11-8/h2-4H,1H3,(H,13,15,17)(H,10,11,12,16). The van der Waals surface area contributed by atoms with Crippen LogP contribution < -0.4 is 10.6 Å². The van der Waals surface area contributed by atoms with Crippen LogP contribution in [0.1, 0.15) is 5.01 Å². The Balaban J connectivity index is 1.95. The number of aromatic nitrogens is 4. The van der Waals surface area contributed by atoms with E-state index in [2.05, 4.69) is 30.8 Å². The summed E-state index contributed by atoms with van der Waals surface area (Å²) in [5, 5.41) is 12.9. The van der Waals surface area contributed by atoms with Crippen molar-refractivity contribution >= 4 is 34.2 Å². The number of carbonyl (C=O) groups is 2. The number of carbonyl (C=O) groups excluding carboxylic acids is 2. The van der Waals surface area contributed by atoms with E-state index in [0.717, 1.165) is 0 Å². The molecule has 2 aromatic rings. The summed E-state index contributed by atoms with van der Waals surface area (Å²) in [6.45, 7) is 1.74. The molecule has 0 aliphatic carbocycles. The zero-order valence-corrected chi connectivity index (χ0v) is 10.1. The van der Waals surface area contributed by atoms with Crippen molar-refractivity contribution in [3.8, 4) is 0 Å². The van der Waals surface area contributed by atoms with E-state index in [1.807, 2.05) is 0 Å². The number of anilines is 2. The topological polar surface area (TPSA) is 110 Å². The highest BCUT2D eigenvalue weighted by molar-refractivity contribution is 7.15. The number of nitrogens with zero attached hydrogens (tertiary/aromatic N) is 4. The minimum atomic E-state index is -0.867. The van der Waals surface area contributed by atoms with Crippen LogP contribution in [0.4, 0.5) is 11.1 Å². The molecule has 0 unspecified atom stereocenters. The number of hydrogen-bond acceptors (Lipinski definition) is 7. The fourth-order valence-corrected chi connectivity index (χ4v) is 1.61. The number of hydrogen-bond donors (Lipinski definition) is 2. The molecule has 0 aliphatic rings. The summed E-state index contributed by atoms with van der Waals surface area (Å²) in [6, 6.07) is 1.60. The van der Waals surface area contributed by atoms with Gasteiger partial charge in [-0.1, -0.05) is 11.3 Å². The van der Waals surface area contributed by atoms with Gasteiger partial charge in [-0.05, 0) is 13.0 Å². The van der Waals surface area contributed by atoms with Crippen LogP contribution in [0.3, 0.4) is 0 Å². The molecular weight excluding hydrogens is 256 g/mol. The van der Waals surface area contributed by atoms with Gasteiger partial charge in [-0.25, -0.2) is 9.97 Å². The molecule has 2 amide bonds. The lowest BCUT2D eigenvalue weighted by molar-refractivity contribution is -0.133. The lowest BCUT2D eigenvalue weighted by Crippen LogP contribution is -2.29. The van der Waals surface area contributed by atoms with Gasteiger partial charge < -0.3 is 0 Å². The van der Waals surface area contributed by atoms with E-state index in [0.29, 0.717) is 5.01 Å². The van der Waals surface area contributed by atoms with Gasteiger partial charge in [-0.2, -0.15) is 0 Å². The Hall–Kier alpha value is -2.42. The molecule has 0 aromatic carbocycles. The van der Waals surface area contributed by atoms with Crippen molar-refractivity contribution in [1.29, 1.82) is 0 Å². The van der Waals surface area contributed by atoms with Crippen LogP contribution >= 0.6 is 11.3 Å². The van der Waals surface area contributed by atoms with Crippen molar-refractivity contribution in [2.75, 3.05) is 10.6 Å². The summed E-state index contributed by atoms with van der Waals surface area (Å²) in [7, 11) is 0. The first kappa shape index (κ1) is 12.0. The average Bonchev–Trinajstić information content (AvgIpc) is 2.76. The number of aryl methyl sites for hydroxylation is 1. The van der Waals surface area contributed by atoms with Gasteiger partial charge in [0.15, 0.2) is 0 Å². The Morgan fingerprint density at radius 3 is 2.39 bits per heavy atom. The van der Waals surface area contributed by atoms with Crippen LogP contribution in [0.15, 0.2) is 18.5 Å². The maximum atomic E-state index is 11.5. The molecule has 92 valence electrons. The van der Waals surface area contributed by atoms with Crippen LogP contribution in [0.25, 0.3) is 0 Å². The third-order valence-electron chi connectivity index (χ3n) is 1.74. The van der Waals surface area contributed by atoms with Gasteiger partial charge in [0.2, 0.25) is 11.1 Å². The first-order valence-electron chi connectivity index (χ1n) is 4.84. The molecule has 0 atom stereocenters. The maximum Gasteiger partial charge on any atom is 0.316 e. The zero-order chi connectivity index (χ0) is 13.0. The largest absolute Gasteiger partial charge is 0.316 e. The van der Waals surface area contributed by atoms with E-state index in [1.165, 1.54) is 23.7 Å². The molecule has 0 radical (unpaired) electrons. The summed E-state index contributed by atoms with van der Waals surface area (Å²) in [6.07, 6.45) is 2.91. The Labute approximate surface area is 105 Å². The van der Waals surface area contributed by atoms with E-state index < -0.39 is 11.8 Å². The van der Waals surface area contributed by atoms with Crippen LogP contribution in [-0.4, -0.2) is 32.0 Å². The number of rotatable bonds is 2. The van der Waals surface area contributed by atoms with Crippen molar-refractivity contribution in [3.05, 3.63) is 23.5 Å². The van der Waals surface area contributed by atoms with E-state index in [-0.39, 0.29) is 11.1 Å². The Morgan fingerprint density at radius 2 is 1.78 bits per heavy atom. The van der Waals surface area contributed by atoms with Crippen molar-refractivity contribution < 1.29 is 9.59 Å². The third kappa shape index (κ3) is 3.04. The molecule has 2 N–H and O–H groups in total. The van der Waals surface area contributed by atoms with Gasteiger partial charge in [0.25, 0.3) is 0 Å². The lowest BCUT2D eigenvalue weighted by Gasteiger charge is -2.01. The quantitative estimate of drug-likeness (QED) is 0.750. The van der Waals surface area contributed by atoms with Gasteiger partial charge in [0, 0.05) is 12.4 Å². The second kappa shape index (κ2) is 5.27. The smallest absolute Gasteiger partial charge is 0.292 e. The van der Waals surface area contributed by atoms with Crippen molar-refractivity contribution in [1.82, 2.24) is 20.2 Å². The summed E-state index contributed by atoms with van der Waals surface area (Å²) < 4.78 is 0. The van der Waals surface area contributed by atoms with Gasteiger partial charge in [0.05, 0.1) is 0 Å². The molecule has 18 heavy (non-hydrogen) atoms. The highest BCUT2D eigenvalue weighted by atomic mass is 32.1. The summed E-state index contributed by atoms with van der Waals surface area (Å²) in [4.78, 5) is 30.5. The van der Waals surface area contributed by atoms with Crippen LogP contribution in [0, 0.1) is 6.92 Å². The van der Waals surface area contributed by atoms with Crippen LogP contribution in [0.2, 0.25) is 0 Å². The lowest BCUT2D eigenvalue weighted by atomic mass is 10.5. The fourth-order valence-electron chi connectivity index (χ4n) is 1.02. The molecule has 9 heteroatoms. The van der Waals surface area contributed by atoms with E-state index in [4.69, 9.17) is 0 Å². The van der Waals surface area contributed by atoms with Crippen molar-refractivity contribution in [3.63, 3.8) is 0 Å². The maximum absolute atomic E-state index is 11.5. The van der Waals surface area contributed by atoms with Gasteiger partial charge in [-0.3, -0.25) is 20.2 Å². The fraction of sp³-hybridized carbons (Fsp3) is 0.111. The zero-order valence-electron chi connectivity index (χ0n) is 9.25. The molecule has 0 bridgehead atoms. The first-order chi connectivity index (χ1) is 8.65. The minimum Gasteiger partial charge on any atom is -0.292 e. The van der Waals surface area contributed by atoms with Crippen molar-refractivity contribution in [2.45, 2.75) is 6.92 Å². The molecule has 0 saturated heterocycles. The average molecular weight is 264 g/mol. The Morgan fingerprint density at radius 1 is 1.11 bits per heavy atom. The molecule has 0 aliphatic heterocycles. The Kier molecular flexibility index (Phi) is 3.53. The SMILES string of the molecule is Cc1nnc(NC(=O)C(=O)Nc2ncccn2)s1. The minimum absolute atomic E-state index is 0.0612. The second-order valence-corrected chi connectivity index (χ2v) is 4.29. The van der Waals surface area contributed by atoms with E-state index in [9.17, 15) is 9.59 Å². The molecule has 0 fully saturated rings. The molecule has 2 aromatic heterocycles. The third-order valence-corrected chi connectivity index (χ3v) is 2.50. The highest BCUT2D eigenvalue weighted by Crippen LogP contribution is 2.13. The summed E-state index contributed by atoms with van der Waals surface area (Å²) in [5.74, 6) is -1.65. The highest BCUT2D eigenvalue weighted by Gasteiger charge is 2.16. The predicted octanol–water partition coefficient (Wildman–Crippen LogP) is 0.214. The van der Waals surface area contributed by atoms with Crippen LogP contribution in [-0.2, 0) is 9.59 Å². The summed E-state index contributed by atoms with van der Waals surface area (Å²) >= 11 is 1.17. The molecule has 0 saturated carbocycles. The predicted molar refractivity (Wildman–Crippen MR) is 63.9 cm³/mol. The monoisotopic (exact) mass is 264 g/mol. The normalized spacial score (nSPS) is 9.83. The second-order valence-electron chi connectivity index (χ2n) is 3.11. The molecule has 0 spiro atoms. The van der Waals surface area contributed by atoms with Gasteiger partial charge >= 0.3 is 11.8 Å².